The van der Waals surface area contributed by atoms with Gasteiger partial charge in [-0.3, -0.25) is 10.1 Å². The van der Waals surface area contributed by atoms with Gasteiger partial charge in [-0.1, -0.05) is 5.21 Å². The molecule has 2 aromatic rings. The highest BCUT2D eigenvalue weighted by Gasteiger charge is 2.12. The maximum atomic E-state index is 10.3. The van der Waals surface area contributed by atoms with Gasteiger partial charge in [0.25, 0.3) is 0 Å². The molecule has 0 unspecified atom stereocenters. The van der Waals surface area contributed by atoms with Crippen LogP contribution < -0.4 is 5.73 Å². The van der Waals surface area contributed by atoms with Crippen LogP contribution in [0.15, 0.2) is 22.7 Å². The number of nitrogen functional groups attached to an aromatic ring is 1. The largest absolute Gasteiger partial charge is 0.433 e. The quantitative estimate of drug-likeness (QED) is 0.578. The van der Waals surface area contributed by atoms with E-state index >= 15 is 0 Å². The summed E-state index contributed by atoms with van der Waals surface area (Å²) in [5.41, 5.74) is 5.35. The van der Waals surface area contributed by atoms with E-state index in [0.29, 0.717) is 5.76 Å². The lowest BCUT2D eigenvalue weighted by Crippen LogP contribution is -1.99. The van der Waals surface area contributed by atoms with Crippen LogP contribution in [-0.4, -0.2) is 19.9 Å². The first-order valence-electron chi connectivity index (χ1n) is 4.04. The van der Waals surface area contributed by atoms with Crippen LogP contribution in [0.5, 0.6) is 0 Å². The fourth-order valence-corrected chi connectivity index (χ4v) is 1.10. The molecule has 15 heavy (non-hydrogen) atoms. The third-order valence-corrected chi connectivity index (χ3v) is 1.70. The minimum atomic E-state index is -0.598. The van der Waals surface area contributed by atoms with Crippen molar-refractivity contribution in [2.75, 3.05) is 5.73 Å². The van der Waals surface area contributed by atoms with Crippen LogP contribution in [0.2, 0.25) is 0 Å². The van der Waals surface area contributed by atoms with Crippen molar-refractivity contribution in [3.8, 4) is 0 Å². The Hall–Kier alpha value is -2.38. The first-order chi connectivity index (χ1) is 7.15. The molecule has 2 aromatic heterocycles. The Morgan fingerprint density at radius 1 is 1.60 bits per heavy atom. The first-order valence-corrected chi connectivity index (χ1v) is 4.04. The molecule has 0 aromatic carbocycles. The Kier molecular flexibility index (Phi) is 2.08. The van der Waals surface area contributed by atoms with Crippen molar-refractivity contribution in [3.63, 3.8) is 0 Å². The summed E-state index contributed by atoms with van der Waals surface area (Å²) in [5.74, 6) is 0.417. The van der Waals surface area contributed by atoms with E-state index < -0.39 is 4.92 Å². The Bertz CT molecular complexity index is 488. The van der Waals surface area contributed by atoms with E-state index in [0.717, 1.165) is 0 Å². The molecular formula is C7H7N5O3. The number of nitro groups is 1. The van der Waals surface area contributed by atoms with Crippen LogP contribution in [0.4, 0.5) is 11.7 Å². The number of furan rings is 1. The molecule has 0 aliphatic rings. The highest BCUT2D eigenvalue weighted by Crippen LogP contribution is 2.16. The van der Waals surface area contributed by atoms with E-state index in [1.165, 1.54) is 23.0 Å². The summed E-state index contributed by atoms with van der Waals surface area (Å²) in [6, 6.07) is 2.80. The SMILES string of the molecule is Nc1cn(Cc2ccc([N+](=O)[O-])o2)nn1. The van der Waals surface area contributed by atoms with Crippen molar-refractivity contribution in [1.29, 1.82) is 0 Å². The van der Waals surface area contributed by atoms with Gasteiger partial charge in [-0.15, -0.1) is 5.10 Å². The Labute approximate surface area is 83.4 Å². The lowest BCUT2D eigenvalue weighted by atomic mass is 10.4. The molecule has 0 radical (unpaired) electrons. The van der Waals surface area contributed by atoms with E-state index in [4.69, 9.17) is 10.2 Å². The maximum Gasteiger partial charge on any atom is 0.433 e. The van der Waals surface area contributed by atoms with Gasteiger partial charge in [0.05, 0.1) is 12.3 Å². The third-order valence-electron chi connectivity index (χ3n) is 1.70. The topological polar surface area (TPSA) is 113 Å². The van der Waals surface area contributed by atoms with Gasteiger partial charge in [-0.2, -0.15) is 0 Å². The molecule has 0 aliphatic heterocycles. The van der Waals surface area contributed by atoms with Crippen molar-refractivity contribution >= 4 is 11.7 Å². The number of nitrogens with zero attached hydrogens (tertiary/aromatic N) is 4. The maximum absolute atomic E-state index is 10.3. The summed E-state index contributed by atoms with van der Waals surface area (Å²) in [4.78, 5) is 9.73. The van der Waals surface area contributed by atoms with E-state index in [1.54, 1.807) is 0 Å². The summed E-state index contributed by atoms with van der Waals surface area (Å²) in [5, 5.41) is 17.6. The van der Waals surface area contributed by atoms with E-state index in [9.17, 15) is 10.1 Å². The molecule has 0 atom stereocenters. The van der Waals surface area contributed by atoms with Crippen molar-refractivity contribution in [3.05, 3.63) is 34.2 Å². The summed E-state index contributed by atoms with van der Waals surface area (Å²) in [7, 11) is 0. The Morgan fingerprint density at radius 3 is 2.93 bits per heavy atom. The summed E-state index contributed by atoms with van der Waals surface area (Å²) >= 11 is 0. The molecule has 0 saturated heterocycles. The lowest BCUT2D eigenvalue weighted by Gasteiger charge is -1.93. The monoisotopic (exact) mass is 209 g/mol. The summed E-state index contributed by atoms with van der Waals surface area (Å²) < 4.78 is 6.36. The van der Waals surface area contributed by atoms with Crippen LogP contribution in [0.1, 0.15) is 5.76 Å². The molecule has 0 spiro atoms. The second-order valence-electron chi connectivity index (χ2n) is 2.84. The lowest BCUT2D eigenvalue weighted by molar-refractivity contribution is -0.402. The van der Waals surface area contributed by atoms with Gasteiger partial charge in [0.2, 0.25) is 0 Å². The predicted octanol–water partition coefficient (Wildman–Crippen LogP) is 0.410. The van der Waals surface area contributed by atoms with Gasteiger partial charge in [0.15, 0.2) is 5.82 Å². The molecule has 2 heterocycles. The molecular weight excluding hydrogens is 202 g/mol. The standard InChI is InChI=1S/C7H7N5O3/c8-6-4-11(10-9-6)3-5-1-2-7(15-5)12(13)14/h1-2,4H,3,8H2. The zero-order valence-electron chi connectivity index (χ0n) is 7.53. The third kappa shape index (κ3) is 1.93. The summed E-state index contributed by atoms with van der Waals surface area (Å²) in [6.45, 7) is 0.262. The molecule has 8 heteroatoms. The molecule has 8 nitrogen and oxygen atoms in total. The highest BCUT2D eigenvalue weighted by atomic mass is 16.6. The van der Waals surface area contributed by atoms with Gasteiger partial charge in [-0.25, -0.2) is 4.68 Å². The smallest absolute Gasteiger partial charge is 0.404 e. The number of hydrogen-bond acceptors (Lipinski definition) is 6. The molecule has 0 saturated carbocycles. The van der Waals surface area contributed by atoms with E-state index in [-0.39, 0.29) is 18.2 Å². The number of hydrogen-bond donors (Lipinski definition) is 1. The molecule has 0 bridgehead atoms. The van der Waals surface area contributed by atoms with Crippen molar-refractivity contribution in [2.45, 2.75) is 6.54 Å². The minimum Gasteiger partial charge on any atom is -0.404 e. The Balaban J connectivity index is 2.14. The van der Waals surface area contributed by atoms with Crippen LogP contribution in [0, 0.1) is 10.1 Å². The number of nitrogens with two attached hydrogens (primary N) is 1. The van der Waals surface area contributed by atoms with Gasteiger partial charge >= 0.3 is 5.88 Å². The molecule has 0 amide bonds. The van der Waals surface area contributed by atoms with E-state index in [2.05, 4.69) is 10.3 Å². The van der Waals surface area contributed by atoms with E-state index in [1.807, 2.05) is 0 Å². The van der Waals surface area contributed by atoms with Crippen molar-refractivity contribution in [2.24, 2.45) is 0 Å². The zero-order valence-corrected chi connectivity index (χ0v) is 7.53. The Morgan fingerprint density at radius 2 is 2.40 bits per heavy atom. The molecule has 78 valence electrons. The van der Waals surface area contributed by atoms with Crippen LogP contribution in [0.3, 0.4) is 0 Å². The van der Waals surface area contributed by atoms with Crippen molar-refractivity contribution < 1.29 is 9.34 Å². The number of rotatable bonds is 3. The normalized spacial score (nSPS) is 10.4. The molecule has 0 fully saturated rings. The molecule has 2 rings (SSSR count). The van der Waals surface area contributed by atoms with Gasteiger partial charge < -0.3 is 10.2 Å². The van der Waals surface area contributed by atoms with Crippen molar-refractivity contribution in [1.82, 2.24) is 15.0 Å². The van der Waals surface area contributed by atoms with Gasteiger partial charge in [0.1, 0.15) is 17.2 Å². The average Bonchev–Trinajstić information content (AvgIpc) is 2.76. The zero-order chi connectivity index (χ0) is 10.8. The highest BCUT2D eigenvalue weighted by molar-refractivity contribution is 5.21. The van der Waals surface area contributed by atoms with Crippen LogP contribution in [-0.2, 0) is 6.54 Å². The fourth-order valence-electron chi connectivity index (χ4n) is 1.10. The van der Waals surface area contributed by atoms with Gasteiger partial charge in [-0.05, 0) is 6.07 Å². The molecule has 0 aliphatic carbocycles. The number of aromatic nitrogens is 3. The second-order valence-corrected chi connectivity index (χ2v) is 2.84. The summed E-state index contributed by atoms with van der Waals surface area (Å²) in [6.07, 6.45) is 1.51. The number of anilines is 1. The molecule has 2 N–H and O–H groups in total. The average molecular weight is 209 g/mol. The first kappa shape index (κ1) is 9.19. The minimum absolute atomic E-state index is 0.262. The second kappa shape index (κ2) is 3.40. The van der Waals surface area contributed by atoms with Crippen LogP contribution >= 0.6 is 0 Å². The fraction of sp³-hybridized carbons (Fsp3) is 0.143. The van der Waals surface area contributed by atoms with Crippen LogP contribution in [0.25, 0.3) is 0 Å². The predicted molar refractivity (Wildman–Crippen MR) is 48.9 cm³/mol. The van der Waals surface area contributed by atoms with Gasteiger partial charge in [0, 0.05) is 0 Å².